The minimum Gasteiger partial charge on any atom is -0.363 e. The minimum atomic E-state index is -3.79. The predicted octanol–water partition coefficient (Wildman–Crippen LogP) is 3.74. The molecular weight excluding hydrogens is 368 g/mol. The molecule has 3 atom stereocenters. The first-order valence-electron chi connectivity index (χ1n) is 6.98. The van der Waals surface area contributed by atoms with Crippen molar-refractivity contribution in [3.63, 3.8) is 0 Å². The van der Waals surface area contributed by atoms with Gasteiger partial charge in [-0.05, 0) is 35.4 Å². The van der Waals surface area contributed by atoms with E-state index in [1.54, 1.807) is 12.1 Å². The van der Waals surface area contributed by atoms with Crippen LogP contribution in [0, 0.1) is 0 Å². The summed E-state index contributed by atoms with van der Waals surface area (Å²) in [6.07, 6.45) is -0.261. The first kappa shape index (κ1) is 14.4. The van der Waals surface area contributed by atoms with Crippen molar-refractivity contribution < 1.29 is 17.3 Å². The molecule has 2 aromatic carbocycles. The summed E-state index contributed by atoms with van der Waals surface area (Å²) in [5, 5.41) is 0. The van der Waals surface area contributed by atoms with Gasteiger partial charge < -0.3 is 4.74 Å². The summed E-state index contributed by atoms with van der Waals surface area (Å²) in [6.45, 7) is 0. The number of ether oxygens (including phenoxy) is 1. The topological polar surface area (TPSA) is 52.6 Å². The van der Waals surface area contributed by atoms with E-state index in [0.717, 1.165) is 15.6 Å². The smallest absolute Gasteiger partial charge is 0.297 e. The van der Waals surface area contributed by atoms with Gasteiger partial charge in [-0.1, -0.05) is 40.2 Å². The van der Waals surface area contributed by atoms with Gasteiger partial charge in [-0.25, -0.2) is 0 Å². The summed E-state index contributed by atoms with van der Waals surface area (Å²) in [4.78, 5) is 0.159. The van der Waals surface area contributed by atoms with E-state index in [-0.39, 0.29) is 17.1 Å². The predicted molar refractivity (Wildman–Crippen MR) is 83.8 cm³/mol. The SMILES string of the molecule is O=S(=O)(OC1CC2OC1c1ccccc12)c1ccc(Br)cc1. The second-order valence-corrected chi connectivity index (χ2v) is 7.94. The molecule has 0 spiro atoms. The molecule has 1 fully saturated rings. The average molecular weight is 381 g/mol. The second-order valence-electron chi connectivity index (χ2n) is 5.45. The Bertz CT molecular complexity index is 816. The number of rotatable bonds is 3. The van der Waals surface area contributed by atoms with Crippen LogP contribution in [0.1, 0.15) is 29.8 Å². The Hall–Kier alpha value is -1.21. The van der Waals surface area contributed by atoms with Crippen LogP contribution in [-0.2, 0) is 19.0 Å². The van der Waals surface area contributed by atoms with Gasteiger partial charge in [0, 0.05) is 10.9 Å². The molecule has 2 bridgehead atoms. The van der Waals surface area contributed by atoms with Crippen LogP contribution in [0.4, 0.5) is 0 Å². The van der Waals surface area contributed by atoms with Crippen molar-refractivity contribution in [2.24, 2.45) is 0 Å². The lowest BCUT2D eigenvalue weighted by atomic mass is 9.90. The van der Waals surface area contributed by atoms with Gasteiger partial charge in [0.2, 0.25) is 0 Å². The lowest BCUT2D eigenvalue weighted by Crippen LogP contribution is -2.23. The van der Waals surface area contributed by atoms with E-state index in [0.29, 0.717) is 6.42 Å². The number of benzene rings is 2. The van der Waals surface area contributed by atoms with Crippen LogP contribution >= 0.6 is 15.9 Å². The van der Waals surface area contributed by atoms with Crippen LogP contribution < -0.4 is 0 Å². The highest BCUT2D eigenvalue weighted by Crippen LogP contribution is 2.52. The van der Waals surface area contributed by atoms with Gasteiger partial charge in [0.25, 0.3) is 10.1 Å². The zero-order valence-corrected chi connectivity index (χ0v) is 13.9. The molecule has 0 radical (unpaired) electrons. The largest absolute Gasteiger partial charge is 0.363 e. The van der Waals surface area contributed by atoms with Gasteiger partial charge >= 0.3 is 0 Å². The van der Waals surface area contributed by atoms with Crippen molar-refractivity contribution in [3.8, 4) is 0 Å². The quantitative estimate of drug-likeness (QED) is 0.761. The molecule has 0 saturated carbocycles. The first-order valence-corrected chi connectivity index (χ1v) is 9.18. The Labute approximate surface area is 137 Å². The second kappa shape index (κ2) is 5.16. The van der Waals surface area contributed by atoms with Gasteiger partial charge in [-0.15, -0.1) is 0 Å². The van der Waals surface area contributed by atoms with Crippen LogP contribution in [0.15, 0.2) is 57.9 Å². The molecule has 2 aliphatic heterocycles. The zero-order chi connectivity index (χ0) is 15.3. The van der Waals surface area contributed by atoms with E-state index in [4.69, 9.17) is 8.92 Å². The Morgan fingerprint density at radius 3 is 2.45 bits per heavy atom. The highest BCUT2D eigenvalue weighted by atomic mass is 79.9. The maximum atomic E-state index is 12.4. The molecular formula is C16H13BrO4S. The van der Waals surface area contributed by atoms with Crippen LogP contribution in [-0.4, -0.2) is 14.5 Å². The van der Waals surface area contributed by atoms with Gasteiger partial charge in [0.15, 0.2) is 0 Å². The van der Waals surface area contributed by atoms with Crippen molar-refractivity contribution in [2.75, 3.05) is 0 Å². The fourth-order valence-electron chi connectivity index (χ4n) is 3.10. The Balaban J connectivity index is 1.60. The lowest BCUT2D eigenvalue weighted by molar-refractivity contribution is 0.0397. The maximum absolute atomic E-state index is 12.4. The first-order chi connectivity index (χ1) is 10.5. The molecule has 4 nitrogen and oxygen atoms in total. The highest BCUT2D eigenvalue weighted by Gasteiger charge is 2.47. The third kappa shape index (κ3) is 2.31. The number of fused-ring (bicyclic) bond motifs is 5. The molecule has 3 unspecified atom stereocenters. The van der Waals surface area contributed by atoms with Crippen LogP contribution in [0.3, 0.4) is 0 Å². The Morgan fingerprint density at radius 2 is 1.73 bits per heavy atom. The molecule has 2 aliphatic rings. The van der Waals surface area contributed by atoms with E-state index in [1.165, 1.54) is 12.1 Å². The average Bonchev–Trinajstić information content (AvgIpc) is 3.06. The number of halogens is 1. The fourth-order valence-corrected chi connectivity index (χ4v) is 4.45. The fraction of sp³-hybridized carbons (Fsp3) is 0.250. The molecule has 1 saturated heterocycles. The van der Waals surface area contributed by atoms with Crippen LogP contribution in [0.25, 0.3) is 0 Å². The summed E-state index contributed by atoms with van der Waals surface area (Å²) >= 11 is 3.29. The Morgan fingerprint density at radius 1 is 1.05 bits per heavy atom. The normalized spacial score (nSPS) is 26.1. The molecule has 22 heavy (non-hydrogen) atoms. The monoisotopic (exact) mass is 380 g/mol. The summed E-state index contributed by atoms with van der Waals surface area (Å²) in [7, 11) is -3.79. The standard InChI is InChI=1S/C16H13BrO4S/c17-10-5-7-11(8-6-10)22(18,19)21-15-9-14-12-3-1-2-4-13(12)16(15)20-14/h1-8,14-16H,9H2. The summed E-state index contributed by atoms with van der Waals surface area (Å²) in [5.41, 5.74) is 2.18. The molecule has 0 amide bonds. The number of hydrogen-bond acceptors (Lipinski definition) is 4. The van der Waals surface area contributed by atoms with Crippen LogP contribution in [0.5, 0.6) is 0 Å². The van der Waals surface area contributed by atoms with Gasteiger partial charge in [0.05, 0.1) is 11.0 Å². The summed E-state index contributed by atoms with van der Waals surface area (Å²) in [5.74, 6) is 0. The van der Waals surface area contributed by atoms with Gasteiger partial charge in [-0.3, -0.25) is 4.18 Å². The maximum Gasteiger partial charge on any atom is 0.297 e. The van der Waals surface area contributed by atoms with Crippen molar-refractivity contribution in [1.29, 1.82) is 0 Å². The highest BCUT2D eigenvalue weighted by molar-refractivity contribution is 9.10. The van der Waals surface area contributed by atoms with E-state index >= 15 is 0 Å². The van der Waals surface area contributed by atoms with Crippen molar-refractivity contribution >= 4 is 26.0 Å². The molecule has 4 rings (SSSR count). The van der Waals surface area contributed by atoms with E-state index in [2.05, 4.69) is 15.9 Å². The molecule has 2 heterocycles. The minimum absolute atomic E-state index is 0.0636. The van der Waals surface area contributed by atoms with Gasteiger partial charge in [0.1, 0.15) is 12.2 Å². The molecule has 114 valence electrons. The van der Waals surface area contributed by atoms with Gasteiger partial charge in [-0.2, -0.15) is 8.42 Å². The number of hydrogen-bond donors (Lipinski definition) is 0. The lowest BCUT2D eigenvalue weighted by Gasteiger charge is -2.21. The molecule has 0 N–H and O–H groups in total. The molecule has 6 heteroatoms. The molecule has 0 aromatic heterocycles. The third-order valence-corrected chi connectivity index (χ3v) is 5.98. The van der Waals surface area contributed by atoms with Crippen molar-refractivity contribution in [2.45, 2.75) is 29.6 Å². The van der Waals surface area contributed by atoms with E-state index in [1.807, 2.05) is 24.3 Å². The summed E-state index contributed by atoms with van der Waals surface area (Å²) in [6, 6.07) is 14.3. The zero-order valence-electron chi connectivity index (χ0n) is 11.5. The van der Waals surface area contributed by atoms with E-state index < -0.39 is 16.2 Å². The molecule has 0 aliphatic carbocycles. The van der Waals surface area contributed by atoms with E-state index in [9.17, 15) is 8.42 Å². The van der Waals surface area contributed by atoms with Crippen molar-refractivity contribution in [1.82, 2.24) is 0 Å². The third-order valence-electron chi connectivity index (χ3n) is 4.10. The Kier molecular flexibility index (Phi) is 3.38. The molecule has 2 aromatic rings. The summed E-state index contributed by atoms with van der Waals surface area (Å²) < 4.78 is 36.9. The van der Waals surface area contributed by atoms with Crippen molar-refractivity contribution in [3.05, 3.63) is 64.1 Å². The van der Waals surface area contributed by atoms with Crippen LogP contribution in [0.2, 0.25) is 0 Å².